The van der Waals surface area contributed by atoms with E-state index in [4.69, 9.17) is 40.5 Å². The first kappa shape index (κ1) is 8.94. The number of nitrogen functional groups attached to an aromatic ring is 1. The lowest BCUT2D eigenvalue weighted by Crippen LogP contribution is -1.84. The Balaban J connectivity index is 3.00. The summed E-state index contributed by atoms with van der Waals surface area (Å²) in [4.78, 5) is 0. The van der Waals surface area contributed by atoms with Gasteiger partial charge < -0.3 is 5.73 Å². The smallest absolute Gasteiger partial charge is 0.154 e. The Morgan fingerprint density at radius 3 is 2.62 bits per heavy atom. The fourth-order valence-electron chi connectivity index (χ4n) is 1.12. The normalized spacial score (nSPS) is 11.0. The average molecular weight is 236 g/mol. The first-order valence-electron chi connectivity index (χ1n) is 3.38. The number of H-pyrrole nitrogens is 1. The standard InChI is InChI=1S/C7H4Cl3N3/c8-2-1-3(9)6-4(5(2)10)7(11)13-12-6/h1H,(H3,11,12,13). The van der Waals surface area contributed by atoms with Gasteiger partial charge in [-0.15, -0.1) is 0 Å². The van der Waals surface area contributed by atoms with Gasteiger partial charge in [0.25, 0.3) is 0 Å². The molecule has 0 saturated carbocycles. The van der Waals surface area contributed by atoms with Crippen LogP contribution in [0.3, 0.4) is 0 Å². The molecule has 6 heteroatoms. The van der Waals surface area contributed by atoms with Gasteiger partial charge in [0.05, 0.1) is 26.0 Å². The molecule has 1 heterocycles. The summed E-state index contributed by atoms with van der Waals surface area (Å²) >= 11 is 17.6. The van der Waals surface area contributed by atoms with Gasteiger partial charge in [0, 0.05) is 0 Å². The zero-order valence-corrected chi connectivity index (χ0v) is 8.50. The lowest BCUT2D eigenvalue weighted by atomic mass is 10.2. The van der Waals surface area contributed by atoms with Crippen molar-refractivity contribution < 1.29 is 0 Å². The number of anilines is 1. The van der Waals surface area contributed by atoms with E-state index in [0.29, 0.717) is 31.8 Å². The van der Waals surface area contributed by atoms with Gasteiger partial charge in [-0.3, -0.25) is 5.10 Å². The topological polar surface area (TPSA) is 54.7 Å². The summed E-state index contributed by atoms with van der Waals surface area (Å²) < 4.78 is 0. The lowest BCUT2D eigenvalue weighted by Gasteiger charge is -1.99. The van der Waals surface area contributed by atoms with Crippen molar-refractivity contribution >= 4 is 51.5 Å². The first-order chi connectivity index (χ1) is 6.11. The van der Waals surface area contributed by atoms with Gasteiger partial charge in [-0.2, -0.15) is 5.10 Å². The molecule has 0 fully saturated rings. The highest BCUT2D eigenvalue weighted by Gasteiger charge is 2.13. The number of fused-ring (bicyclic) bond motifs is 1. The largest absolute Gasteiger partial charge is 0.382 e. The molecule has 0 atom stereocenters. The molecule has 0 bridgehead atoms. The van der Waals surface area contributed by atoms with Gasteiger partial charge in [0.15, 0.2) is 5.82 Å². The third-order valence-corrected chi connectivity index (χ3v) is 2.80. The fraction of sp³-hybridized carbons (Fsp3) is 0. The van der Waals surface area contributed by atoms with Crippen LogP contribution in [0.2, 0.25) is 15.1 Å². The number of aromatic amines is 1. The Kier molecular flexibility index (Phi) is 2.02. The van der Waals surface area contributed by atoms with Crippen molar-refractivity contribution in [3.63, 3.8) is 0 Å². The quantitative estimate of drug-likeness (QED) is 0.691. The van der Waals surface area contributed by atoms with Crippen molar-refractivity contribution in [3.05, 3.63) is 21.1 Å². The maximum absolute atomic E-state index is 5.91. The number of rotatable bonds is 0. The van der Waals surface area contributed by atoms with Crippen molar-refractivity contribution in [3.8, 4) is 0 Å². The molecule has 0 unspecified atom stereocenters. The second kappa shape index (κ2) is 2.94. The van der Waals surface area contributed by atoms with E-state index in [1.54, 1.807) is 6.07 Å². The molecule has 2 aromatic rings. The monoisotopic (exact) mass is 235 g/mol. The molecular formula is C7H4Cl3N3. The average Bonchev–Trinajstić information content (AvgIpc) is 2.44. The molecule has 0 radical (unpaired) electrons. The summed E-state index contributed by atoms with van der Waals surface area (Å²) in [5.74, 6) is 0.296. The molecule has 0 aliphatic carbocycles. The summed E-state index contributed by atoms with van der Waals surface area (Å²) in [6.07, 6.45) is 0. The second-order valence-electron chi connectivity index (χ2n) is 2.51. The highest BCUT2D eigenvalue weighted by molar-refractivity contribution is 6.48. The van der Waals surface area contributed by atoms with E-state index in [1.807, 2.05) is 0 Å². The molecule has 1 aromatic carbocycles. The van der Waals surface area contributed by atoms with Crippen LogP contribution in [0.5, 0.6) is 0 Å². The van der Waals surface area contributed by atoms with Gasteiger partial charge in [-0.25, -0.2) is 0 Å². The molecule has 68 valence electrons. The molecule has 3 N–H and O–H groups in total. The van der Waals surface area contributed by atoms with Crippen LogP contribution in [-0.2, 0) is 0 Å². The SMILES string of the molecule is Nc1n[nH]c2c(Cl)cc(Cl)c(Cl)c12. The number of halogens is 3. The van der Waals surface area contributed by atoms with Crippen LogP contribution in [0.1, 0.15) is 0 Å². The molecule has 2 rings (SSSR count). The number of nitrogens with zero attached hydrogens (tertiary/aromatic N) is 1. The Hall–Kier alpha value is -0.640. The Labute approximate surface area is 88.8 Å². The van der Waals surface area contributed by atoms with Crippen molar-refractivity contribution in [2.24, 2.45) is 0 Å². The van der Waals surface area contributed by atoms with E-state index in [2.05, 4.69) is 10.2 Å². The zero-order valence-electron chi connectivity index (χ0n) is 6.24. The molecular weight excluding hydrogens is 232 g/mol. The van der Waals surface area contributed by atoms with E-state index in [-0.39, 0.29) is 0 Å². The molecule has 1 aromatic heterocycles. The van der Waals surface area contributed by atoms with E-state index in [9.17, 15) is 0 Å². The lowest BCUT2D eigenvalue weighted by molar-refractivity contribution is 1.13. The number of nitrogens with one attached hydrogen (secondary N) is 1. The maximum Gasteiger partial charge on any atom is 0.154 e. The predicted molar refractivity (Wildman–Crippen MR) is 55.5 cm³/mol. The van der Waals surface area contributed by atoms with Gasteiger partial charge in [0.1, 0.15) is 0 Å². The van der Waals surface area contributed by atoms with Crippen LogP contribution in [-0.4, -0.2) is 10.2 Å². The Morgan fingerprint density at radius 2 is 1.92 bits per heavy atom. The number of aromatic nitrogens is 2. The first-order valence-corrected chi connectivity index (χ1v) is 4.51. The molecule has 3 nitrogen and oxygen atoms in total. The van der Waals surface area contributed by atoms with Gasteiger partial charge in [-0.05, 0) is 6.07 Å². The molecule has 0 spiro atoms. The third-order valence-electron chi connectivity index (χ3n) is 1.72. The minimum atomic E-state index is 0.296. The number of nitrogens with two attached hydrogens (primary N) is 1. The van der Waals surface area contributed by atoms with Gasteiger partial charge >= 0.3 is 0 Å². The van der Waals surface area contributed by atoms with Crippen LogP contribution in [0, 0.1) is 0 Å². The second-order valence-corrected chi connectivity index (χ2v) is 3.71. The minimum Gasteiger partial charge on any atom is -0.382 e. The Bertz CT molecular complexity index is 477. The molecule has 0 amide bonds. The minimum absolute atomic E-state index is 0.296. The number of hydrogen-bond donors (Lipinski definition) is 2. The molecule has 0 saturated heterocycles. The van der Waals surface area contributed by atoms with Crippen LogP contribution in [0.15, 0.2) is 6.07 Å². The summed E-state index contributed by atoms with van der Waals surface area (Å²) in [5.41, 5.74) is 6.18. The Morgan fingerprint density at radius 1 is 1.23 bits per heavy atom. The highest BCUT2D eigenvalue weighted by atomic mass is 35.5. The fourth-order valence-corrected chi connectivity index (χ4v) is 1.87. The van der Waals surface area contributed by atoms with Gasteiger partial charge in [0.2, 0.25) is 0 Å². The summed E-state index contributed by atoms with van der Waals surface area (Å²) in [6, 6.07) is 1.55. The van der Waals surface area contributed by atoms with Crippen LogP contribution < -0.4 is 5.73 Å². The van der Waals surface area contributed by atoms with Crippen molar-refractivity contribution in [2.75, 3.05) is 5.73 Å². The van der Waals surface area contributed by atoms with E-state index in [1.165, 1.54) is 0 Å². The number of benzene rings is 1. The van der Waals surface area contributed by atoms with Crippen LogP contribution in [0.25, 0.3) is 10.9 Å². The van der Waals surface area contributed by atoms with Crippen molar-refractivity contribution in [2.45, 2.75) is 0 Å². The summed E-state index contributed by atoms with van der Waals surface area (Å²) in [7, 11) is 0. The van der Waals surface area contributed by atoms with Crippen LogP contribution >= 0.6 is 34.8 Å². The van der Waals surface area contributed by atoms with Crippen molar-refractivity contribution in [1.82, 2.24) is 10.2 Å². The van der Waals surface area contributed by atoms with Crippen LogP contribution in [0.4, 0.5) is 5.82 Å². The predicted octanol–water partition coefficient (Wildman–Crippen LogP) is 3.11. The molecule has 0 aliphatic rings. The molecule has 0 aliphatic heterocycles. The van der Waals surface area contributed by atoms with E-state index < -0.39 is 0 Å². The third kappa shape index (κ3) is 1.24. The van der Waals surface area contributed by atoms with Gasteiger partial charge in [-0.1, -0.05) is 34.8 Å². The van der Waals surface area contributed by atoms with Crippen molar-refractivity contribution in [1.29, 1.82) is 0 Å². The maximum atomic E-state index is 5.91. The van der Waals surface area contributed by atoms with E-state index >= 15 is 0 Å². The molecule has 13 heavy (non-hydrogen) atoms. The summed E-state index contributed by atoms with van der Waals surface area (Å²) in [6.45, 7) is 0. The van der Waals surface area contributed by atoms with E-state index in [0.717, 1.165) is 0 Å². The highest BCUT2D eigenvalue weighted by Crippen LogP contribution is 2.37. The summed E-state index contributed by atoms with van der Waals surface area (Å²) in [5, 5.41) is 8.21. The number of hydrogen-bond acceptors (Lipinski definition) is 2. The zero-order chi connectivity index (χ0) is 9.59.